The topological polar surface area (TPSA) is 0 Å². The second kappa shape index (κ2) is 9.96. The highest BCUT2D eigenvalue weighted by atomic mass is 13.8. The molecule has 0 saturated heterocycles. The predicted molar refractivity (Wildman–Crippen MR) is 53.7 cm³/mol. The standard InChI is InChI=1S/C6H5.C6H11/c1-2-4-6-5-3-1;1-3-5-6-4-2/h1-5H;1,3H,4-6H2,2H3. The second-order valence-corrected chi connectivity index (χ2v) is 2.46. The van der Waals surface area contributed by atoms with Crippen molar-refractivity contribution in [3.8, 4) is 0 Å². The van der Waals surface area contributed by atoms with E-state index in [-0.39, 0.29) is 0 Å². The van der Waals surface area contributed by atoms with Crippen LogP contribution in [0.1, 0.15) is 26.2 Å². The summed E-state index contributed by atoms with van der Waals surface area (Å²) in [6.45, 7) is 7.25. The average molecular weight is 160 g/mol. The summed E-state index contributed by atoms with van der Waals surface area (Å²) >= 11 is 0. The van der Waals surface area contributed by atoms with E-state index >= 15 is 0 Å². The van der Waals surface area contributed by atoms with Crippen LogP contribution in [-0.4, -0.2) is 0 Å². The first-order chi connectivity index (χ1) is 5.91. The van der Waals surface area contributed by atoms with Crippen molar-refractivity contribution in [2.75, 3.05) is 0 Å². The minimum atomic E-state index is 1.07. The second-order valence-electron chi connectivity index (χ2n) is 2.46. The van der Waals surface area contributed by atoms with Crippen LogP contribution in [0, 0.1) is 12.6 Å². The highest BCUT2D eigenvalue weighted by Crippen LogP contribution is 1.91. The Morgan fingerprint density at radius 3 is 2.08 bits per heavy atom. The van der Waals surface area contributed by atoms with Crippen LogP contribution in [0.2, 0.25) is 0 Å². The van der Waals surface area contributed by atoms with E-state index in [4.69, 9.17) is 6.58 Å². The van der Waals surface area contributed by atoms with E-state index in [1.54, 1.807) is 6.08 Å². The number of rotatable bonds is 3. The van der Waals surface area contributed by atoms with E-state index in [2.05, 4.69) is 13.0 Å². The zero-order valence-corrected chi connectivity index (χ0v) is 7.66. The Kier molecular flexibility index (Phi) is 9.10. The van der Waals surface area contributed by atoms with Crippen LogP contribution in [-0.2, 0) is 0 Å². The van der Waals surface area contributed by atoms with Gasteiger partial charge in [0, 0.05) is 0 Å². The first-order valence-electron chi connectivity index (χ1n) is 4.36. The van der Waals surface area contributed by atoms with Crippen LogP contribution in [0.3, 0.4) is 0 Å². The molecular weight excluding hydrogens is 144 g/mol. The Balaban J connectivity index is 0.000000202. The molecule has 0 saturated carbocycles. The Hall–Kier alpha value is -1.04. The normalized spacial score (nSPS) is 8.08. The third-order valence-electron chi connectivity index (χ3n) is 1.33. The molecule has 0 unspecified atom stereocenters. The molecule has 1 aromatic carbocycles. The lowest BCUT2D eigenvalue weighted by atomic mass is 10.3. The highest BCUT2D eigenvalue weighted by molar-refractivity contribution is 4.97. The fourth-order valence-electron chi connectivity index (χ4n) is 0.664. The molecule has 0 fully saturated rings. The molecule has 0 heterocycles. The summed E-state index contributed by atoms with van der Waals surface area (Å²) in [5.41, 5.74) is 0. The summed E-state index contributed by atoms with van der Waals surface area (Å²) in [7, 11) is 0. The van der Waals surface area contributed by atoms with E-state index < -0.39 is 0 Å². The largest absolute Gasteiger partial charge is 0.0845 e. The minimum absolute atomic E-state index is 1.07. The number of benzene rings is 1. The zero-order valence-electron chi connectivity index (χ0n) is 7.66. The van der Waals surface area contributed by atoms with E-state index in [0.29, 0.717) is 0 Å². The van der Waals surface area contributed by atoms with Gasteiger partial charge in [-0.2, -0.15) is 0 Å². The van der Waals surface area contributed by atoms with Crippen LogP contribution in [0.25, 0.3) is 0 Å². The molecule has 0 amide bonds. The summed E-state index contributed by atoms with van der Waals surface area (Å²) in [4.78, 5) is 0. The first-order valence-corrected chi connectivity index (χ1v) is 4.36. The van der Waals surface area contributed by atoms with Crippen molar-refractivity contribution in [1.29, 1.82) is 0 Å². The maximum Gasteiger partial charge on any atom is -0.0184 e. The monoisotopic (exact) mass is 160 g/mol. The summed E-state index contributed by atoms with van der Waals surface area (Å²) in [6.07, 6.45) is 5.25. The molecule has 0 nitrogen and oxygen atoms in total. The van der Waals surface area contributed by atoms with Gasteiger partial charge in [-0.15, -0.1) is 0 Å². The van der Waals surface area contributed by atoms with Crippen LogP contribution in [0.4, 0.5) is 0 Å². The van der Waals surface area contributed by atoms with Crippen molar-refractivity contribution in [3.63, 3.8) is 0 Å². The fraction of sp³-hybridized carbons (Fsp3) is 0.333. The van der Waals surface area contributed by atoms with E-state index in [0.717, 1.165) is 6.42 Å². The van der Waals surface area contributed by atoms with Crippen molar-refractivity contribution in [2.45, 2.75) is 26.2 Å². The Morgan fingerprint density at radius 1 is 1.25 bits per heavy atom. The van der Waals surface area contributed by atoms with Crippen molar-refractivity contribution in [3.05, 3.63) is 49.1 Å². The maximum absolute atomic E-state index is 5.09. The van der Waals surface area contributed by atoms with Crippen LogP contribution >= 0.6 is 0 Å². The molecule has 0 spiro atoms. The average Bonchev–Trinajstić information content (AvgIpc) is 2.18. The minimum Gasteiger partial charge on any atom is -0.0845 e. The lowest BCUT2D eigenvalue weighted by molar-refractivity contribution is 0.815. The maximum atomic E-state index is 5.09. The van der Waals surface area contributed by atoms with Gasteiger partial charge in [0.1, 0.15) is 0 Å². The molecular formula is C12H16. The van der Waals surface area contributed by atoms with Crippen molar-refractivity contribution >= 4 is 0 Å². The van der Waals surface area contributed by atoms with Gasteiger partial charge in [-0.1, -0.05) is 62.8 Å². The Bertz CT molecular complexity index is 138. The van der Waals surface area contributed by atoms with Gasteiger partial charge >= 0.3 is 0 Å². The molecule has 1 aromatic rings. The summed E-state index contributed by atoms with van der Waals surface area (Å²) in [6, 6.07) is 12.5. The van der Waals surface area contributed by atoms with Crippen LogP contribution in [0.15, 0.2) is 36.4 Å². The molecule has 12 heavy (non-hydrogen) atoms. The first kappa shape index (κ1) is 11.0. The quantitative estimate of drug-likeness (QED) is 0.592. The molecule has 0 aliphatic carbocycles. The van der Waals surface area contributed by atoms with Gasteiger partial charge in [-0.25, -0.2) is 0 Å². The Morgan fingerprint density at radius 2 is 1.92 bits per heavy atom. The molecule has 0 heteroatoms. The van der Waals surface area contributed by atoms with Gasteiger partial charge < -0.3 is 0 Å². The van der Waals surface area contributed by atoms with Gasteiger partial charge in [0.25, 0.3) is 0 Å². The summed E-state index contributed by atoms with van der Waals surface area (Å²) in [5, 5.41) is 0. The third-order valence-corrected chi connectivity index (χ3v) is 1.33. The van der Waals surface area contributed by atoms with Crippen molar-refractivity contribution in [2.24, 2.45) is 0 Å². The number of allylic oxidation sites excluding steroid dienone is 1. The van der Waals surface area contributed by atoms with E-state index in [9.17, 15) is 0 Å². The van der Waals surface area contributed by atoms with E-state index in [1.165, 1.54) is 12.8 Å². The molecule has 0 N–H and O–H groups in total. The summed E-state index contributed by atoms with van der Waals surface area (Å²) < 4.78 is 0. The van der Waals surface area contributed by atoms with Crippen LogP contribution in [0.5, 0.6) is 0 Å². The Labute approximate surface area is 75.9 Å². The lowest BCUT2D eigenvalue weighted by Crippen LogP contribution is -1.62. The smallest absolute Gasteiger partial charge is 0.0184 e. The molecule has 1 rings (SSSR count). The lowest BCUT2D eigenvalue weighted by Gasteiger charge is -1.81. The van der Waals surface area contributed by atoms with Gasteiger partial charge in [-0.05, 0) is 12.5 Å². The molecule has 2 radical (unpaired) electrons. The molecule has 0 aliphatic rings. The van der Waals surface area contributed by atoms with Crippen molar-refractivity contribution < 1.29 is 0 Å². The van der Waals surface area contributed by atoms with Crippen molar-refractivity contribution in [1.82, 2.24) is 0 Å². The molecule has 64 valence electrons. The van der Waals surface area contributed by atoms with Gasteiger partial charge in [-0.3, -0.25) is 0 Å². The van der Waals surface area contributed by atoms with Gasteiger partial charge in [0.2, 0.25) is 0 Å². The molecule has 0 atom stereocenters. The molecule has 0 aromatic heterocycles. The number of hydrogen-bond donors (Lipinski definition) is 0. The van der Waals surface area contributed by atoms with Gasteiger partial charge in [0.05, 0.1) is 0 Å². The molecule has 0 bridgehead atoms. The number of hydrogen-bond acceptors (Lipinski definition) is 0. The number of unbranched alkanes of at least 4 members (excludes halogenated alkanes) is 2. The van der Waals surface area contributed by atoms with E-state index in [1.807, 2.05) is 30.3 Å². The highest BCUT2D eigenvalue weighted by Gasteiger charge is 1.71. The third kappa shape index (κ3) is 8.96. The predicted octanol–water partition coefficient (Wildman–Crippen LogP) is 3.65. The fourth-order valence-corrected chi connectivity index (χ4v) is 0.664. The SMILES string of the molecule is [CH]=CCCCC.[c]1ccccc1. The molecule has 0 aliphatic heterocycles. The summed E-state index contributed by atoms with van der Waals surface area (Å²) in [5.74, 6) is 0. The zero-order chi connectivity index (χ0) is 9.07. The van der Waals surface area contributed by atoms with Gasteiger partial charge in [0.15, 0.2) is 0 Å². The van der Waals surface area contributed by atoms with Crippen LogP contribution < -0.4 is 0 Å².